The van der Waals surface area contributed by atoms with Gasteiger partial charge >= 0.3 is 0 Å². The average Bonchev–Trinajstić information content (AvgIpc) is 2.68. The van der Waals surface area contributed by atoms with Gasteiger partial charge < -0.3 is 15.1 Å². The van der Waals surface area contributed by atoms with Crippen LogP contribution in [0.3, 0.4) is 0 Å². The lowest BCUT2D eigenvalue weighted by Crippen LogP contribution is -2.27. The number of aliphatic hydroxyl groups excluding tert-OH is 2. The molecule has 2 rings (SSSR count). The van der Waals surface area contributed by atoms with Crippen molar-refractivity contribution < 1.29 is 15.0 Å². The second-order valence-electron chi connectivity index (χ2n) is 4.74. The molecule has 102 valence electrons. The number of rotatable bonds is 2. The highest BCUT2D eigenvalue weighted by molar-refractivity contribution is 9.10. The topological polar surface area (TPSA) is 60.8 Å². The predicted molar refractivity (Wildman–Crippen MR) is 76.5 cm³/mol. The standard InChI is InChI=1S/C14H16BrNO3/c1-9-2-3-10(11(15)6-9)4-5-14(19)16-7-12(17)13(18)8-16/h2-6,12-13,17-18H,7-8H2,1H3/b5-4+. The number of likely N-dealkylation sites (tertiary alicyclic amines) is 1. The minimum absolute atomic E-state index is 0.180. The Morgan fingerprint density at radius 1 is 1.37 bits per heavy atom. The maximum atomic E-state index is 11.9. The SMILES string of the molecule is Cc1ccc(/C=C/C(=O)N2CC(O)C(O)C2)c(Br)c1. The number of β-amino-alcohol motifs (C(OH)–C–C–N with tert-alkyl or cyclic N) is 2. The van der Waals surface area contributed by atoms with E-state index < -0.39 is 12.2 Å². The largest absolute Gasteiger partial charge is 0.388 e. The van der Waals surface area contributed by atoms with Crippen molar-refractivity contribution in [2.45, 2.75) is 19.1 Å². The Balaban J connectivity index is 2.04. The van der Waals surface area contributed by atoms with E-state index in [4.69, 9.17) is 0 Å². The number of nitrogens with zero attached hydrogens (tertiary/aromatic N) is 1. The number of carbonyl (C=O) groups is 1. The highest BCUT2D eigenvalue weighted by atomic mass is 79.9. The zero-order chi connectivity index (χ0) is 14.0. The Bertz CT molecular complexity index is 505. The van der Waals surface area contributed by atoms with Gasteiger partial charge in [0.25, 0.3) is 0 Å². The molecule has 0 radical (unpaired) electrons. The van der Waals surface area contributed by atoms with E-state index in [2.05, 4.69) is 15.9 Å². The van der Waals surface area contributed by atoms with E-state index in [0.29, 0.717) is 0 Å². The van der Waals surface area contributed by atoms with E-state index in [0.717, 1.165) is 15.6 Å². The van der Waals surface area contributed by atoms with Gasteiger partial charge in [-0.25, -0.2) is 0 Å². The van der Waals surface area contributed by atoms with Crippen LogP contribution in [-0.2, 0) is 4.79 Å². The van der Waals surface area contributed by atoms with Crippen LogP contribution in [0.5, 0.6) is 0 Å². The van der Waals surface area contributed by atoms with Crippen LogP contribution >= 0.6 is 15.9 Å². The Morgan fingerprint density at radius 3 is 2.58 bits per heavy atom. The Kier molecular flexibility index (Phi) is 4.39. The van der Waals surface area contributed by atoms with Crippen molar-refractivity contribution >= 4 is 27.9 Å². The third-order valence-electron chi connectivity index (χ3n) is 3.13. The Hall–Kier alpha value is -1.17. The van der Waals surface area contributed by atoms with Crippen LogP contribution in [0.15, 0.2) is 28.7 Å². The molecule has 2 N–H and O–H groups in total. The number of halogens is 1. The lowest BCUT2D eigenvalue weighted by molar-refractivity contribution is -0.125. The number of benzene rings is 1. The van der Waals surface area contributed by atoms with Crippen molar-refractivity contribution in [1.82, 2.24) is 4.90 Å². The fourth-order valence-electron chi connectivity index (χ4n) is 1.98. The average molecular weight is 326 g/mol. The van der Waals surface area contributed by atoms with E-state index in [1.54, 1.807) is 6.08 Å². The maximum absolute atomic E-state index is 11.9. The van der Waals surface area contributed by atoms with Crippen molar-refractivity contribution in [3.63, 3.8) is 0 Å². The molecule has 1 aromatic carbocycles. The highest BCUT2D eigenvalue weighted by Gasteiger charge is 2.31. The summed E-state index contributed by atoms with van der Waals surface area (Å²) < 4.78 is 0.929. The van der Waals surface area contributed by atoms with Crippen LogP contribution in [0.2, 0.25) is 0 Å². The molecule has 1 amide bonds. The molecule has 0 bridgehead atoms. The van der Waals surface area contributed by atoms with Gasteiger partial charge in [-0.3, -0.25) is 4.79 Å². The van der Waals surface area contributed by atoms with Gasteiger partial charge in [-0.15, -0.1) is 0 Å². The van der Waals surface area contributed by atoms with Gasteiger partial charge in [-0.2, -0.15) is 0 Å². The summed E-state index contributed by atoms with van der Waals surface area (Å²) in [5.74, 6) is -0.205. The second kappa shape index (κ2) is 5.86. The number of aryl methyl sites for hydroxylation is 1. The summed E-state index contributed by atoms with van der Waals surface area (Å²) in [4.78, 5) is 13.3. The minimum Gasteiger partial charge on any atom is -0.388 e. The molecular formula is C14H16BrNO3. The van der Waals surface area contributed by atoms with E-state index in [1.165, 1.54) is 11.0 Å². The van der Waals surface area contributed by atoms with Gasteiger partial charge in [0.1, 0.15) is 0 Å². The van der Waals surface area contributed by atoms with Crippen LogP contribution < -0.4 is 0 Å². The molecular weight excluding hydrogens is 310 g/mol. The van der Waals surface area contributed by atoms with E-state index in [1.807, 2.05) is 25.1 Å². The van der Waals surface area contributed by atoms with E-state index >= 15 is 0 Å². The molecule has 2 unspecified atom stereocenters. The number of hydrogen-bond donors (Lipinski definition) is 2. The monoisotopic (exact) mass is 325 g/mol. The van der Waals surface area contributed by atoms with Gasteiger partial charge in [0, 0.05) is 23.6 Å². The van der Waals surface area contributed by atoms with Crippen molar-refractivity contribution in [2.75, 3.05) is 13.1 Å². The fraction of sp³-hybridized carbons (Fsp3) is 0.357. The first-order chi connectivity index (χ1) is 8.97. The first-order valence-electron chi connectivity index (χ1n) is 6.06. The molecule has 0 spiro atoms. The van der Waals surface area contributed by atoms with Crippen molar-refractivity contribution in [3.05, 3.63) is 39.9 Å². The summed E-state index contributed by atoms with van der Waals surface area (Å²) in [5.41, 5.74) is 2.06. The minimum atomic E-state index is -0.844. The molecule has 0 saturated carbocycles. The molecule has 1 fully saturated rings. The van der Waals surface area contributed by atoms with Crippen molar-refractivity contribution in [1.29, 1.82) is 0 Å². The predicted octanol–water partition coefficient (Wildman–Crippen LogP) is 1.33. The first kappa shape index (κ1) is 14.2. The Labute approximate surface area is 120 Å². The first-order valence-corrected chi connectivity index (χ1v) is 6.86. The number of amides is 1. The Morgan fingerprint density at radius 2 is 2.00 bits per heavy atom. The number of carbonyl (C=O) groups excluding carboxylic acids is 1. The van der Waals surface area contributed by atoms with Gasteiger partial charge in [-0.05, 0) is 30.2 Å². The van der Waals surface area contributed by atoms with Crippen LogP contribution in [-0.4, -0.2) is 46.3 Å². The maximum Gasteiger partial charge on any atom is 0.246 e. The zero-order valence-electron chi connectivity index (χ0n) is 10.6. The molecule has 19 heavy (non-hydrogen) atoms. The van der Waals surface area contributed by atoms with E-state index in [9.17, 15) is 15.0 Å². The lowest BCUT2D eigenvalue weighted by atomic mass is 10.1. The van der Waals surface area contributed by atoms with Crippen LogP contribution in [0.25, 0.3) is 6.08 Å². The molecule has 5 heteroatoms. The molecule has 1 aliphatic rings. The lowest BCUT2D eigenvalue weighted by Gasteiger charge is -2.12. The second-order valence-corrected chi connectivity index (χ2v) is 5.59. The molecule has 1 aromatic rings. The summed E-state index contributed by atoms with van der Waals surface area (Å²) in [5, 5.41) is 18.8. The molecule has 0 aliphatic carbocycles. The number of aliphatic hydroxyl groups is 2. The normalized spacial score (nSPS) is 23.3. The van der Waals surface area contributed by atoms with Crippen molar-refractivity contribution in [2.24, 2.45) is 0 Å². The molecule has 1 saturated heterocycles. The quantitative estimate of drug-likeness (QED) is 0.806. The highest BCUT2D eigenvalue weighted by Crippen LogP contribution is 2.20. The molecule has 4 nitrogen and oxygen atoms in total. The van der Waals surface area contributed by atoms with Gasteiger partial charge in [-0.1, -0.05) is 28.1 Å². The van der Waals surface area contributed by atoms with Gasteiger partial charge in [0.05, 0.1) is 12.2 Å². The molecule has 1 heterocycles. The van der Waals surface area contributed by atoms with Gasteiger partial charge in [0.2, 0.25) is 5.91 Å². The third-order valence-corrected chi connectivity index (χ3v) is 3.82. The summed E-state index contributed by atoms with van der Waals surface area (Å²) in [6, 6.07) is 5.88. The third kappa shape index (κ3) is 3.43. The van der Waals surface area contributed by atoms with Gasteiger partial charge in [0.15, 0.2) is 0 Å². The summed E-state index contributed by atoms with van der Waals surface area (Å²) in [6.45, 7) is 2.36. The van der Waals surface area contributed by atoms with Crippen LogP contribution in [0, 0.1) is 6.92 Å². The zero-order valence-corrected chi connectivity index (χ0v) is 12.2. The molecule has 2 atom stereocenters. The number of hydrogen-bond acceptors (Lipinski definition) is 3. The molecule has 1 aliphatic heterocycles. The summed E-state index contributed by atoms with van der Waals surface area (Å²) in [6.07, 6.45) is 1.50. The van der Waals surface area contributed by atoms with Crippen LogP contribution in [0.4, 0.5) is 0 Å². The summed E-state index contributed by atoms with van der Waals surface area (Å²) in [7, 11) is 0. The van der Waals surface area contributed by atoms with E-state index in [-0.39, 0.29) is 19.0 Å². The fourth-order valence-corrected chi connectivity index (χ4v) is 2.61. The summed E-state index contributed by atoms with van der Waals surface area (Å²) >= 11 is 3.44. The van der Waals surface area contributed by atoms with Crippen LogP contribution in [0.1, 0.15) is 11.1 Å². The van der Waals surface area contributed by atoms with Crippen molar-refractivity contribution in [3.8, 4) is 0 Å². The molecule has 0 aromatic heterocycles. The smallest absolute Gasteiger partial charge is 0.246 e.